The van der Waals surface area contributed by atoms with Crippen LogP contribution in [0, 0.1) is 12.7 Å². The number of anilines is 3. The van der Waals surface area contributed by atoms with Crippen molar-refractivity contribution >= 4 is 23.0 Å². The van der Waals surface area contributed by atoms with Gasteiger partial charge in [0.05, 0.1) is 23.5 Å². The molecule has 2 aromatic carbocycles. The third kappa shape index (κ3) is 3.51. The van der Waals surface area contributed by atoms with E-state index in [1.807, 2.05) is 0 Å². The lowest BCUT2D eigenvalue weighted by Gasteiger charge is -2.12. The molecule has 0 aliphatic rings. The summed E-state index contributed by atoms with van der Waals surface area (Å²) in [5, 5.41) is 3.12. The van der Waals surface area contributed by atoms with Crippen molar-refractivity contribution in [3.63, 3.8) is 0 Å². The summed E-state index contributed by atoms with van der Waals surface area (Å²) < 4.78 is 18.0. The lowest BCUT2D eigenvalue weighted by atomic mass is 10.1. The second-order valence-corrected chi connectivity index (χ2v) is 4.61. The maximum atomic E-state index is 13.1. The second-order valence-electron chi connectivity index (χ2n) is 4.61. The van der Waals surface area contributed by atoms with Crippen molar-refractivity contribution in [3.8, 4) is 0 Å². The zero-order valence-corrected chi connectivity index (χ0v) is 11.9. The van der Waals surface area contributed by atoms with Crippen LogP contribution >= 0.6 is 0 Å². The van der Waals surface area contributed by atoms with Gasteiger partial charge in [-0.3, -0.25) is 0 Å². The van der Waals surface area contributed by atoms with Gasteiger partial charge in [-0.25, -0.2) is 9.18 Å². The third-order valence-corrected chi connectivity index (χ3v) is 3.02. The highest BCUT2D eigenvalue weighted by Crippen LogP contribution is 2.26. The van der Waals surface area contributed by atoms with Crippen molar-refractivity contribution in [3.05, 3.63) is 53.3 Å². The van der Waals surface area contributed by atoms with Gasteiger partial charge in [0.25, 0.3) is 0 Å². The smallest absolute Gasteiger partial charge is 0.338 e. The quantitative estimate of drug-likeness (QED) is 0.666. The SMILES string of the molecule is CCOC(=O)c1ccc(Nc2ccc(F)cc2C)c(N)c1. The fraction of sp³-hybridized carbons (Fsp3) is 0.188. The fourth-order valence-electron chi connectivity index (χ4n) is 1.93. The number of aryl methyl sites for hydroxylation is 1. The monoisotopic (exact) mass is 288 g/mol. The minimum atomic E-state index is -0.409. The summed E-state index contributed by atoms with van der Waals surface area (Å²) in [6.45, 7) is 3.86. The number of ether oxygens (including phenoxy) is 1. The average Bonchev–Trinajstić information content (AvgIpc) is 2.44. The normalized spacial score (nSPS) is 10.2. The van der Waals surface area contributed by atoms with Crippen molar-refractivity contribution in [2.24, 2.45) is 0 Å². The minimum Gasteiger partial charge on any atom is -0.462 e. The molecule has 0 radical (unpaired) electrons. The second kappa shape index (κ2) is 6.26. The van der Waals surface area contributed by atoms with Crippen molar-refractivity contribution in [1.82, 2.24) is 0 Å². The Balaban J connectivity index is 2.23. The van der Waals surface area contributed by atoms with Gasteiger partial charge < -0.3 is 15.8 Å². The van der Waals surface area contributed by atoms with Gasteiger partial charge in [0.15, 0.2) is 0 Å². The standard InChI is InChI=1S/C16H17FN2O2/c1-3-21-16(20)11-4-6-15(13(18)9-11)19-14-7-5-12(17)8-10(14)2/h4-9,19H,3,18H2,1-2H3. The van der Waals surface area contributed by atoms with Crippen LogP contribution in [-0.4, -0.2) is 12.6 Å². The first-order valence-electron chi connectivity index (χ1n) is 6.61. The van der Waals surface area contributed by atoms with Gasteiger partial charge in [0, 0.05) is 5.69 Å². The van der Waals surface area contributed by atoms with Gasteiger partial charge in [-0.1, -0.05) is 0 Å². The molecule has 21 heavy (non-hydrogen) atoms. The zero-order chi connectivity index (χ0) is 15.4. The fourth-order valence-corrected chi connectivity index (χ4v) is 1.93. The predicted octanol–water partition coefficient (Wildman–Crippen LogP) is 3.64. The van der Waals surface area contributed by atoms with E-state index < -0.39 is 5.97 Å². The number of carbonyl (C=O) groups excluding carboxylic acids is 1. The van der Waals surface area contributed by atoms with E-state index in [1.165, 1.54) is 12.1 Å². The Morgan fingerprint density at radius 2 is 1.95 bits per heavy atom. The summed E-state index contributed by atoms with van der Waals surface area (Å²) in [7, 11) is 0. The van der Waals surface area contributed by atoms with Crippen LogP contribution in [0.2, 0.25) is 0 Å². The van der Waals surface area contributed by atoms with Gasteiger partial charge in [-0.2, -0.15) is 0 Å². The molecule has 0 heterocycles. The lowest BCUT2D eigenvalue weighted by Crippen LogP contribution is -2.06. The van der Waals surface area contributed by atoms with Crippen LogP contribution in [0.5, 0.6) is 0 Å². The number of benzene rings is 2. The van der Waals surface area contributed by atoms with Crippen LogP contribution in [0.15, 0.2) is 36.4 Å². The number of hydrogen-bond donors (Lipinski definition) is 2. The molecule has 110 valence electrons. The van der Waals surface area contributed by atoms with E-state index in [4.69, 9.17) is 10.5 Å². The van der Waals surface area contributed by atoms with E-state index in [0.29, 0.717) is 23.5 Å². The van der Waals surface area contributed by atoms with Gasteiger partial charge in [-0.15, -0.1) is 0 Å². The molecule has 0 aromatic heterocycles. The summed E-state index contributed by atoms with van der Waals surface area (Å²) in [6, 6.07) is 9.34. The van der Waals surface area contributed by atoms with Gasteiger partial charge in [0.2, 0.25) is 0 Å². The van der Waals surface area contributed by atoms with Crippen LogP contribution in [0.4, 0.5) is 21.5 Å². The Kier molecular flexibility index (Phi) is 4.42. The molecule has 0 unspecified atom stereocenters. The Morgan fingerprint density at radius 1 is 1.24 bits per heavy atom. The first kappa shape index (κ1) is 14.8. The van der Waals surface area contributed by atoms with E-state index in [0.717, 1.165) is 11.3 Å². The van der Waals surface area contributed by atoms with Gasteiger partial charge in [0.1, 0.15) is 5.82 Å². The third-order valence-electron chi connectivity index (χ3n) is 3.02. The minimum absolute atomic E-state index is 0.288. The zero-order valence-electron chi connectivity index (χ0n) is 11.9. The molecule has 2 rings (SSSR count). The number of esters is 1. The number of carbonyl (C=O) groups is 1. The summed E-state index contributed by atoms with van der Waals surface area (Å²) in [4.78, 5) is 11.6. The highest BCUT2D eigenvalue weighted by molar-refractivity contribution is 5.92. The van der Waals surface area contributed by atoms with E-state index in [9.17, 15) is 9.18 Å². The molecule has 3 N–H and O–H groups in total. The van der Waals surface area contributed by atoms with E-state index in [1.54, 1.807) is 38.1 Å². The molecular weight excluding hydrogens is 271 g/mol. The Bertz CT molecular complexity index is 671. The number of nitrogen functional groups attached to an aromatic ring is 1. The van der Waals surface area contributed by atoms with Crippen LogP contribution in [0.1, 0.15) is 22.8 Å². The Morgan fingerprint density at radius 3 is 2.57 bits per heavy atom. The van der Waals surface area contributed by atoms with Crippen LogP contribution in [0.3, 0.4) is 0 Å². The molecule has 0 saturated carbocycles. The molecule has 5 heteroatoms. The summed E-state index contributed by atoms with van der Waals surface area (Å²) in [6.07, 6.45) is 0. The van der Waals surface area contributed by atoms with Crippen LogP contribution < -0.4 is 11.1 Å². The molecule has 2 aromatic rings. The maximum Gasteiger partial charge on any atom is 0.338 e. The molecule has 0 spiro atoms. The number of nitrogens with two attached hydrogens (primary N) is 1. The van der Waals surface area contributed by atoms with Crippen molar-refractivity contribution in [2.75, 3.05) is 17.7 Å². The predicted molar refractivity (Wildman–Crippen MR) is 81.2 cm³/mol. The first-order chi connectivity index (χ1) is 10.0. The number of hydrogen-bond acceptors (Lipinski definition) is 4. The molecule has 0 aliphatic carbocycles. The van der Waals surface area contributed by atoms with Gasteiger partial charge in [-0.05, 0) is 55.8 Å². The number of nitrogens with one attached hydrogen (secondary N) is 1. The number of halogens is 1. The summed E-state index contributed by atoms with van der Waals surface area (Å²) in [5.74, 6) is -0.697. The largest absolute Gasteiger partial charge is 0.462 e. The highest BCUT2D eigenvalue weighted by Gasteiger charge is 2.09. The van der Waals surface area contributed by atoms with Crippen LogP contribution in [-0.2, 0) is 4.74 Å². The van der Waals surface area contributed by atoms with E-state index in [2.05, 4.69) is 5.32 Å². The summed E-state index contributed by atoms with van der Waals surface area (Å²) in [5.41, 5.74) is 8.93. The van der Waals surface area contributed by atoms with Crippen molar-refractivity contribution < 1.29 is 13.9 Å². The van der Waals surface area contributed by atoms with Crippen LogP contribution in [0.25, 0.3) is 0 Å². The Hall–Kier alpha value is -2.56. The van der Waals surface area contributed by atoms with E-state index >= 15 is 0 Å². The highest BCUT2D eigenvalue weighted by atomic mass is 19.1. The lowest BCUT2D eigenvalue weighted by molar-refractivity contribution is 0.0526. The molecule has 4 nitrogen and oxygen atoms in total. The topological polar surface area (TPSA) is 64.3 Å². The number of rotatable bonds is 4. The first-order valence-corrected chi connectivity index (χ1v) is 6.61. The van der Waals surface area contributed by atoms with Crippen molar-refractivity contribution in [2.45, 2.75) is 13.8 Å². The molecule has 0 atom stereocenters. The molecule has 0 bridgehead atoms. The maximum absolute atomic E-state index is 13.1. The van der Waals surface area contributed by atoms with E-state index in [-0.39, 0.29) is 5.82 Å². The Labute approximate surface area is 122 Å². The molecular formula is C16H17FN2O2. The molecule has 0 aliphatic heterocycles. The molecule has 0 fully saturated rings. The molecule has 0 saturated heterocycles. The average molecular weight is 288 g/mol. The summed E-state index contributed by atoms with van der Waals surface area (Å²) >= 11 is 0. The van der Waals surface area contributed by atoms with Gasteiger partial charge >= 0.3 is 5.97 Å². The van der Waals surface area contributed by atoms with Crippen molar-refractivity contribution in [1.29, 1.82) is 0 Å². The molecule has 0 amide bonds.